The number of piperazine rings is 1. The Morgan fingerprint density at radius 1 is 0.925 bits per heavy atom. The van der Waals surface area contributed by atoms with Crippen molar-refractivity contribution in [3.63, 3.8) is 0 Å². The first-order chi connectivity index (χ1) is 24.7. The second-order valence-electron chi connectivity index (χ2n) is 14.7. The summed E-state index contributed by atoms with van der Waals surface area (Å²) in [6, 6.07) is 19.6. The van der Waals surface area contributed by atoms with Crippen LogP contribution in [0.1, 0.15) is 66.5 Å². The van der Waals surface area contributed by atoms with Gasteiger partial charge in [0.25, 0.3) is 5.91 Å². The van der Waals surface area contributed by atoms with E-state index in [4.69, 9.17) is 55.9 Å². The first-order valence-electron chi connectivity index (χ1n) is 18.0. The average Bonchev–Trinajstić information content (AvgIpc) is 3.93. The molecule has 2 fully saturated rings. The van der Waals surface area contributed by atoms with Crippen LogP contribution in [-0.2, 0) is 22.4 Å². The molecule has 12 heteroatoms. The lowest BCUT2D eigenvalue weighted by Crippen LogP contribution is -2.64. The minimum absolute atomic E-state index is 0. The van der Waals surface area contributed by atoms with Crippen LogP contribution in [0.25, 0.3) is 5.57 Å². The van der Waals surface area contributed by atoms with Crippen molar-refractivity contribution in [3.05, 3.63) is 105 Å². The van der Waals surface area contributed by atoms with Crippen LogP contribution >= 0.6 is 58.8 Å². The number of ether oxygens (including phenoxy) is 2. The summed E-state index contributed by atoms with van der Waals surface area (Å²) in [5.74, 6) is 0.874. The number of amides is 2. The van der Waals surface area contributed by atoms with Crippen molar-refractivity contribution in [2.75, 3.05) is 26.2 Å². The maximum absolute atomic E-state index is 15.0. The standard InChI is InChI=1S/C41H47Cl4N3O4.ClH/c1-25-10-11-26(2)37(27(25)3)51-21-19-28-12-14-29(15-13-28)33-22-32-23-46-24-35(48(32)39(50)52-40(4,5)41(43,44)45)36(33)38(49)47(31-16-17-31)20-18-30-8-6-7-9-34(30)42;/h6-15,31-32,35,46H,16-24H2,1-5H3;1H/t32?,35-;/m1./s1. The molecule has 0 spiro atoms. The monoisotopic (exact) mass is 821 g/mol. The minimum Gasteiger partial charge on any atom is -0.493 e. The molecule has 1 N–H and O–H groups in total. The van der Waals surface area contributed by atoms with E-state index in [1.54, 1.807) is 18.7 Å². The highest BCUT2D eigenvalue weighted by Gasteiger charge is 2.50. The number of carbonyl (C=O) groups excluding carboxylic acids is 2. The SMILES string of the molecule is Cc1ccc(C)c(OCCc2ccc(C3=C(C(=O)N(CCc4ccccc4Cl)C4CC4)[C@H]4CNCC(C3)N4C(=O)OC(C)(C)C(Cl)(Cl)Cl)cc2)c1C.Cl. The minimum atomic E-state index is -1.85. The van der Waals surface area contributed by atoms with Crippen molar-refractivity contribution in [2.24, 2.45) is 0 Å². The van der Waals surface area contributed by atoms with Crippen LogP contribution in [0.4, 0.5) is 4.79 Å². The van der Waals surface area contributed by atoms with Gasteiger partial charge >= 0.3 is 6.09 Å². The number of rotatable bonds is 11. The zero-order valence-corrected chi connectivity index (χ0v) is 34.7. The number of benzene rings is 3. The average molecular weight is 824 g/mol. The van der Waals surface area contributed by atoms with E-state index in [1.807, 2.05) is 29.2 Å². The lowest BCUT2D eigenvalue weighted by atomic mass is 9.81. The highest BCUT2D eigenvalue weighted by atomic mass is 35.6. The normalized spacial score (nSPS) is 18.7. The van der Waals surface area contributed by atoms with Gasteiger partial charge in [0, 0.05) is 42.7 Å². The van der Waals surface area contributed by atoms with Crippen LogP contribution in [0.15, 0.2) is 66.2 Å². The topological polar surface area (TPSA) is 71.1 Å². The van der Waals surface area contributed by atoms with Crippen LogP contribution in [-0.4, -0.2) is 75.6 Å². The smallest absolute Gasteiger partial charge is 0.411 e. The third-order valence-electron chi connectivity index (χ3n) is 10.7. The molecule has 2 bridgehead atoms. The molecule has 3 aliphatic rings. The summed E-state index contributed by atoms with van der Waals surface area (Å²) >= 11 is 25.2. The fraction of sp³-hybridized carbons (Fsp3) is 0.463. The summed E-state index contributed by atoms with van der Waals surface area (Å²) < 4.78 is 10.3. The van der Waals surface area contributed by atoms with Gasteiger partial charge < -0.3 is 19.7 Å². The van der Waals surface area contributed by atoms with E-state index >= 15 is 0 Å². The van der Waals surface area contributed by atoms with E-state index in [2.05, 4.69) is 62.5 Å². The van der Waals surface area contributed by atoms with Crippen molar-refractivity contribution < 1.29 is 19.1 Å². The molecule has 7 nitrogen and oxygen atoms in total. The number of nitrogens with one attached hydrogen (secondary N) is 1. The van der Waals surface area contributed by atoms with Crippen LogP contribution in [0, 0.1) is 20.8 Å². The number of hydrogen-bond donors (Lipinski definition) is 1. The quantitative estimate of drug-likeness (QED) is 0.195. The Bertz CT molecular complexity index is 1840. The molecule has 53 heavy (non-hydrogen) atoms. The Hall–Kier alpha value is -2.65. The van der Waals surface area contributed by atoms with E-state index in [1.165, 1.54) is 5.56 Å². The van der Waals surface area contributed by atoms with Gasteiger partial charge in [-0.3, -0.25) is 9.69 Å². The number of carbonyl (C=O) groups is 2. The number of nitrogens with zero attached hydrogens (tertiary/aromatic N) is 2. The van der Waals surface area contributed by atoms with Crippen LogP contribution in [0.2, 0.25) is 5.02 Å². The molecule has 0 aromatic heterocycles. The number of halogens is 5. The van der Waals surface area contributed by atoms with Gasteiger partial charge in [0.2, 0.25) is 3.79 Å². The summed E-state index contributed by atoms with van der Waals surface area (Å²) in [6.07, 6.45) is 3.08. The van der Waals surface area contributed by atoms with Crippen molar-refractivity contribution in [2.45, 2.75) is 94.2 Å². The van der Waals surface area contributed by atoms with Crippen LogP contribution < -0.4 is 10.1 Å². The third kappa shape index (κ3) is 9.25. The molecule has 3 aromatic rings. The van der Waals surface area contributed by atoms with Crippen molar-refractivity contribution in [3.8, 4) is 5.75 Å². The van der Waals surface area contributed by atoms with Crippen molar-refractivity contribution in [1.29, 1.82) is 0 Å². The fourth-order valence-electron chi connectivity index (χ4n) is 7.17. The molecule has 1 saturated heterocycles. The lowest BCUT2D eigenvalue weighted by Gasteiger charge is -2.48. The zero-order valence-electron chi connectivity index (χ0n) is 30.8. The van der Waals surface area contributed by atoms with Gasteiger partial charge in [-0.1, -0.05) is 101 Å². The molecule has 286 valence electrons. The molecule has 6 rings (SSSR count). The number of alkyl halides is 3. The predicted octanol–water partition coefficient (Wildman–Crippen LogP) is 9.63. The van der Waals surface area contributed by atoms with Gasteiger partial charge in [0.15, 0.2) is 5.60 Å². The highest BCUT2D eigenvalue weighted by Crippen LogP contribution is 2.43. The summed E-state index contributed by atoms with van der Waals surface area (Å²) in [5, 5.41) is 4.15. The molecule has 0 radical (unpaired) electrons. The fourth-order valence-corrected chi connectivity index (χ4v) is 7.52. The summed E-state index contributed by atoms with van der Waals surface area (Å²) in [6.45, 7) is 11.4. The molecular formula is C41H48Cl5N3O4. The Morgan fingerprint density at radius 2 is 1.60 bits per heavy atom. The van der Waals surface area contributed by atoms with E-state index in [0.29, 0.717) is 49.7 Å². The van der Waals surface area contributed by atoms with Crippen molar-refractivity contribution in [1.82, 2.24) is 15.1 Å². The van der Waals surface area contributed by atoms with Crippen LogP contribution in [0.5, 0.6) is 5.75 Å². The first kappa shape index (κ1) is 41.5. The summed E-state index contributed by atoms with van der Waals surface area (Å²) in [7, 11) is 0. The van der Waals surface area contributed by atoms with Gasteiger partial charge in [-0.15, -0.1) is 12.4 Å². The lowest BCUT2D eigenvalue weighted by molar-refractivity contribution is -0.128. The molecule has 3 aromatic carbocycles. The number of fused-ring (bicyclic) bond motifs is 2. The highest BCUT2D eigenvalue weighted by molar-refractivity contribution is 6.68. The van der Waals surface area contributed by atoms with E-state index in [-0.39, 0.29) is 30.4 Å². The third-order valence-corrected chi connectivity index (χ3v) is 12.4. The molecule has 1 unspecified atom stereocenters. The zero-order chi connectivity index (χ0) is 37.4. The van der Waals surface area contributed by atoms with Gasteiger partial charge in [-0.05, 0) is 105 Å². The first-order valence-corrected chi connectivity index (χ1v) is 19.5. The maximum Gasteiger partial charge on any atom is 0.411 e. The Balaban J connectivity index is 0.00000541. The molecule has 2 heterocycles. The predicted molar refractivity (Wildman–Crippen MR) is 218 cm³/mol. The van der Waals surface area contributed by atoms with Gasteiger partial charge in [0.1, 0.15) is 5.75 Å². The molecule has 2 atom stereocenters. The second kappa shape index (κ2) is 17.0. The molecule has 1 aliphatic carbocycles. The molecule has 2 aliphatic heterocycles. The largest absolute Gasteiger partial charge is 0.493 e. The Kier molecular flexibility index (Phi) is 13.3. The van der Waals surface area contributed by atoms with Gasteiger partial charge in [-0.25, -0.2) is 4.79 Å². The molecule has 2 amide bonds. The molecule has 1 saturated carbocycles. The Morgan fingerprint density at radius 3 is 2.26 bits per heavy atom. The van der Waals surface area contributed by atoms with E-state index < -0.39 is 21.5 Å². The van der Waals surface area contributed by atoms with Gasteiger partial charge in [0.05, 0.1) is 18.7 Å². The summed E-state index contributed by atoms with van der Waals surface area (Å²) in [5.41, 5.74) is 6.73. The Labute approximate surface area is 339 Å². The molecular weight excluding hydrogens is 776 g/mol. The second-order valence-corrected chi connectivity index (χ2v) is 17.4. The number of hydrogen-bond acceptors (Lipinski definition) is 5. The van der Waals surface area contributed by atoms with Crippen LogP contribution in [0.3, 0.4) is 0 Å². The number of aryl methyl sites for hydroxylation is 2. The van der Waals surface area contributed by atoms with Gasteiger partial charge in [-0.2, -0.15) is 0 Å². The maximum atomic E-state index is 15.0. The van der Waals surface area contributed by atoms with Crippen molar-refractivity contribution >= 4 is 76.4 Å². The van der Waals surface area contributed by atoms with E-state index in [0.717, 1.165) is 58.4 Å². The van der Waals surface area contributed by atoms with E-state index in [9.17, 15) is 9.59 Å². The summed E-state index contributed by atoms with van der Waals surface area (Å²) in [4.78, 5) is 32.6.